The van der Waals surface area contributed by atoms with Gasteiger partial charge in [0.1, 0.15) is 0 Å². The van der Waals surface area contributed by atoms with Gasteiger partial charge in [0.2, 0.25) is 0 Å². The van der Waals surface area contributed by atoms with Gasteiger partial charge in [-0.15, -0.1) is 0 Å². The van der Waals surface area contributed by atoms with Crippen molar-refractivity contribution in [2.24, 2.45) is 0 Å². The zero-order valence-corrected chi connectivity index (χ0v) is 15.9. The largest absolute Gasteiger partial charge is 0.397 e. The van der Waals surface area contributed by atoms with Gasteiger partial charge >= 0.3 is 0 Å². The first-order chi connectivity index (χ1) is 13.1. The molecule has 4 nitrogen and oxygen atoms in total. The second-order valence-electron chi connectivity index (χ2n) is 6.88. The molecule has 2 unspecified atom stereocenters. The molecule has 1 aliphatic rings. The number of benzene rings is 2. The standard InChI is InChI=1S/C23H26N4/c1-3-17(2)26-15-18-13-20(14-24)23(19-9-5-4-6-10-19)27(16-18)22-12-8-7-11-21(22)25/h4-13,16-17,23,26H,3,15,25H2,1-2H3. The average molecular weight is 358 g/mol. The van der Waals surface area contributed by atoms with Crippen molar-refractivity contribution < 1.29 is 0 Å². The first kappa shape index (κ1) is 18.8. The number of para-hydroxylation sites is 2. The van der Waals surface area contributed by atoms with E-state index in [1.807, 2.05) is 48.5 Å². The van der Waals surface area contributed by atoms with Crippen LogP contribution in [0, 0.1) is 11.3 Å². The lowest BCUT2D eigenvalue weighted by Crippen LogP contribution is -2.32. The number of hydrogen-bond donors (Lipinski definition) is 2. The normalized spacial score (nSPS) is 17.7. The minimum atomic E-state index is -0.187. The highest BCUT2D eigenvalue weighted by Crippen LogP contribution is 2.39. The fraction of sp³-hybridized carbons (Fsp3) is 0.261. The van der Waals surface area contributed by atoms with Crippen LogP contribution in [0.1, 0.15) is 31.9 Å². The summed E-state index contributed by atoms with van der Waals surface area (Å²) >= 11 is 0. The van der Waals surface area contributed by atoms with Crippen LogP contribution in [0.15, 0.2) is 78.0 Å². The van der Waals surface area contributed by atoms with Gasteiger partial charge in [-0.1, -0.05) is 49.4 Å². The highest BCUT2D eigenvalue weighted by atomic mass is 15.2. The predicted octanol–water partition coefficient (Wildman–Crippen LogP) is 4.55. The molecule has 0 bridgehead atoms. The Hall–Kier alpha value is -3.03. The lowest BCUT2D eigenvalue weighted by molar-refractivity contribution is 0.560. The molecule has 2 aromatic rings. The molecule has 3 rings (SSSR count). The lowest BCUT2D eigenvalue weighted by Gasteiger charge is -2.35. The van der Waals surface area contributed by atoms with Gasteiger partial charge in [-0.3, -0.25) is 0 Å². The highest BCUT2D eigenvalue weighted by Gasteiger charge is 2.28. The molecule has 1 aliphatic heterocycles. The van der Waals surface area contributed by atoms with Crippen molar-refractivity contribution in [2.75, 3.05) is 17.2 Å². The molecule has 0 fully saturated rings. The van der Waals surface area contributed by atoms with E-state index in [0.717, 1.165) is 23.2 Å². The van der Waals surface area contributed by atoms with Gasteiger partial charge in [-0.25, -0.2) is 0 Å². The van der Waals surface area contributed by atoms with E-state index in [1.54, 1.807) is 0 Å². The van der Waals surface area contributed by atoms with Crippen LogP contribution in [-0.2, 0) is 0 Å². The molecular formula is C23H26N4. The molecule has 138 valence electrons. The molecule has 0 saturated heterocycles. The van der Waals surface area contributed by atoms with Crippen molar-refractivity contribution >= 4 is 11.4 Å². The minimum Gasteiger partial charge on any atom is -0.397 e. The Morgan fingerprint density at radius 2 is 1.85 bits per heavy atom. The highest BCUT2D eigenvalue weighted by molar-refractivity contribution is 5.72. The number of nitrogens with zero attached hydrogens (tertiary/aromatic N) is 2. The van der Waals surface area contributed by atoms with E-state index >= 15 is 0 Å². The van der Waals surface area contributed by atoms with Crippen LogP contribution in [0.25, 0.3) is 0 Å². The van der Waals surface area contributed by atoms with E-state index in [0.29, 0.717) is 23.8 Å². The third-order valence-corrected chi connectivity index (χ3v) is 4.94. The minimum absolute atomic E-state index is 0.187. The van der Waals surface area contributed by atoms with Gasteiger partial charge in [0.15, 0.2) is 0 Å². The molecule has 27 heavy (non-hydrogen) atoms. The van der Waals surface area contributed by atoms with Gasteiger partial charge in [-0.05, 0) is 42.7 Å². The van der Waals surface area contributed by atoms with E-state index in [1.165, 1.54) is 0 Å². The third kappa shape index (κ3) is 4.21. The van der Waals surface area contributed by atoms with Crippen molar-refractivity contribution in [3.05, 3.63) is 83.6 Å². The van der Waals surface area contributed by atoms with E-state index < -0.39 is 0 Å². The van der Waals surface area contributed by atoms with Gasteiger partial charge in [0, 0.05) is 18.8 Å². The maximum absolute atomic E-state index is 9.87. The topological polar surface area (TPSA) is 65.1 Å². The molecule has 0 aliphatic carbocycles. The molecule has 0 amide bonds. The van der Waals surface area contributed by atoms with Crippen LogP contribution >= 0.6 is 0 Å². The maximum Gasteiger partial charge on any atom is 0.0973 e. The Labute approximate surface area is 161 Å². The van der Waals surface area contributed by atoms with Crippen molar-refractivity contribution in [3.63, 3.8) is 0 Å². The first-order valence-electron chi connectivity index (χ1n) is 9.37. The molecule has 0 saturated carbocycles. The average Bonchev–Trinajstić information content (AvgIpc) is 2.72. The molecule has 2 aromatic carbocycles. The van der Waals surface area contributed by atoms with Crippen LogP contribution in [0.5, 0.6) is 0 Å². The summed E-state index contributed by atoms with van der Waals surface area (Å²) in [5, 5.41) is 13.4. The van der Waals surface area contributed by atoms with Gasteiger partial charge < -0.3 is 16.0 Å². The zero-order valence-electron chi connectivity index (χ0n) is 15.9. The number of nitrogens with two attached hydrogens (primary N) is 1. The number of nitrogen functional groups attached to an aromatic ring is 1. The van der Waals surface area contributed by atoms with Crippen molar-refractivity contribution in [3.8, 4) is 6.07 Å². The first-order valence-corrected chi connectivity index (χ1v) is 9.37. The number of anilines is 2. The number of hydrogen-bond acceptors (Lipinski definition) is 4. The molecule has 4 heteroatoms. The number of rotatable bonds is 6. The summed E-state index contributed by atoms with van der Waals surface area (Å²) < 4.78 is 0. The Morgan fingerprint density at radius 1 is 1.15 bits per heavy atom. The zero-order chi connectivity index (χ0) is 19.2. The summed E-state index contributed by atoms with van der Waals surface area (Å²) in [4.78, 5) is 2.12. The van der Waals surface area contributed by atoms with Gasteiger partial charge in [0.25, 0.3) is 0 Å². The van der Waals surface area contributed by atoms with E-state index in [-0.39, 0.29) is 6.04 Å². The molecular weight excluding hydrogens is 332 g/mol. The van der Waals surface area contributed by atoms with Crippen LogP contribution in [0.4, 0.5) is 11.4 Å². The van der Waals surface area contributed by atoms with E-state index in [2.05, 4.69) is 48.5 Å². The van der Waals surface area contributed by atoms with Crippen LogP contribution in [0.2, 0.25) is 0 Å². The van der Waals surface area contributed by atoms with E-state index in [4.69, 9.17) is 5.73 Å². The Balaban J connectivity index is 2.04. The van der Waals surface area contributed by atoms with Crippen molar-refractivity contribution in [2.45, 2.75) is 32.4 Å². The molecule has 0 aromatic heterocycles. The second-order valence-corrected chi connectivity index (χ2v) is 6.88. The smallest absolute Gasteiger partial charge is 0.0973 e. The van der Waals surface area contributed by atoms with Gasteiger partial charge in [-0.2, -0.15) is 5.26 Å². The predicted molar refractivity (Wildman–Crippen MR) is 112 cm³/mol. The number of nitriles is 1. The fourth-order valence-electron chi connectivity index (χ4n) is 3.25. The van der Waals surface area contributed by atoms with Crippen molar-refractivity contribution in [1.29, 1.82) is 5.26 Å². The summed E-state index contributed by atoms with van der Waals surface area (Å²) in [5.74, 6) is 0. The SMILES string of the molecule is CCC(C)NCC1=CN(c2ccccc2N)C(c2ccccc2)C(C#N)=C1. The maximum atomic E-state index is 9.87. The molecule has 0 radical (unpaired) electrons. The quantitative estimate of drug-likeness (QED) is 0.744. The van der Waals surface area contributed by atoms with E-state index in [9.17, 15) is 5.26 Å². The molecule has 1 heterocycles. The Morgan fingerprint density at radius 3 is 2.52 bits per heavy atom. The third-order valence-electron chi connectivity index (χ3n) is 4.94. The molecule has 0 spiro atoms. The second kappa shape index (κ2) is 8.57. The molecule has 3 N–H and O–H groups in total. The Bertz CT molecular complexity index is 877. The summed E-state index contributed by atoms with van der Waals surface area (Å²) in [5.41, 5.74) is 10.7. The monoisotopic (exact) mass is 358 g/mol. The van der Waals surface area contributed by atoms with Crippen LogP contribution in [-0.4, -0.2) is 12.6 Å². The van der Waals surface area contributed by atoms with Crippen molar-refractivity contribution in [1.82, 2.24) is 5.32 Å². The lowest BCUT2D eigenvalue weighted by atomic mass is 9.92. The molecule has 2 atom stereocenters. The summed E-state index contributed by atoms with van der Waals surface area (Å²) in [6.07, 6.45) is 5.17. The fourth-order valence-corrected chi connectivity index (χ4v) is 3.25. The summed E-state index contributed by atoms with van der Waals surface area (Å²) in [6.45, 7) is 5.04. The summed E-state index contributed by atoms with van der Waals surface area (Å²) in [6, 6.07) is 20.5. The number of nitrogens with one attached hydrogen (secondary N) is 1. The van der Waals surface area contributed by atoms with Crippen LogP contribution in [0.3, 0.4) is 0 Å². The Kier molecular flexibility index (Phi) is 5.95. The van der Waals surface area contributed by atoms with Crippen LogP contribution < -0.4 is 16.0 Å². The van der Waals surface area contributed by atoms with Gasteiger partial charge in [0.05, 0.1) is 29.1 Å². The summed E-state index contributed by atoms with van der Waals surface area (Å²) in [7, 11) is 0.